The number of hydrogen-bond donors (Lipinski definition) is 1. The second-order valence-electron chi connectivity index (χ2n) is 8.32. The van der Waals surface area contributed by atoms with Gasteiger partial charge in [0.1, 0.15) is 12.3 Å². The van der Waals surface area contributed by atoms with Gasteiger partial charge < -0.3 is 19.5 Å². The first kappa shape index (κ1) is 24.9. The maximum Gasteiger partial charge on any atom is 0.254 e. The van der Waals surface area contributed by atoms with Crippen molar-refractivity contribution in [2.45, 2.75) is 26.3 Å². The van der Waals surface area contributed by atoms with Gasteiger partial charge >= 0.3 is 0 Å². The Bertz CT molecular complexity index is 1400. The minimum atomic E-state index is -0.308. The third-order valence-electron chi connectivity index (χ3n) is 5.95. The normalized spacial score (nSPS) is 10.8. The molecule has 4 aromatic rings. The monoisotopic (exact) mass is 486 g/mol. The summed E-state index contributed by atoms with van der Waals surface area (Å²) in [5, 5.41) is 3.67. The molecule has 0 aliphatic rings. The van der Waals surface area contributed by atoms with Gasteiger partial charge in [0.15, 0.2) is 11.5 Å². The summed E-state index contributed by atoms with van der Waals surface area (Å²) < 4.78 is 17.9. The zero-order valence-electron chi connectivity index (χ0n) is 20.7. The Kier molecular flexibility index (Phi) is 7.90. The molecule has 0 saturated heterocycles. The van der Waals surface area contributed by atoms with Crippen LogP contribution in [-0.2, 0) is 24.2 Å². The zero-order valence-corrected chi connectivity index (χ0v) is 20.7. The number of carbonyl (C=O) groups is 1. The molecule has 0 saturated carbocycles. The fourth-order valence-corrected chi connectivity index (χ4v) is 4.17. The molecule has 0 spiro atoms. The molecule has 0 fully saturated rings. The number of nitrogens with one attached hydrogen (secondary N) is 1. The number of nitrogens with zero attached hydrogens (tertiary/aromatic N) is 1. The molecule has 0 radical (unpaired) electrons. The second-order valence-corrected chi connectivity index (χ2v) is 8.32. The van der Waals surface area contributed by atoms with Crippen molar-refractivity contribution in [3.8, 4) is 17.2 Å². The summed E-state index contributed by atoms with van der Waals surface area (Å²) in [5.41, 5.74) is 2.80. The van der Waals surface area contributed by atoms with Crippen molar-refractivity contribution in [2.75, 3.05) is 26.1 Å². The van der Waals surface area contributed by atoms with E-state index in [9.17, 15) is 9.59 Å². The Hall–Kier alpha value is -4.26. The van der Waals surface area contributed by atoms with Gasteiger partial charge in [-0.2, -0.15) is 0 Å². The van der Waals surface area contributed by atoms with Crippen LogP contribution < -0.4 is 25.1 Å². The lowest BCUT2D eigenvalue weighted by Gasteiger charge is -2.16. The molecule has 7 nitrogen and oxygen atoms in total. The molecule has 0 atom stereocenters. The maximum absolute atomic E-state index is 13.6. The molecular formula is C29H30N2O5. The van der Waals surface area contributed by atoms with Crippen LogP contribution >= 0.6 is 0 Å². The van der Waals surface area contributed by atoms with Gasteiger partial charge in [0.2, 0.25) is 5.91 Å². The van der Waals surface area contributed by atoms with Crippen LogP contribution in [0, 0.1) is 0 Å². The third-order valence-corrected chi connectivity index (χ3v) is 5.95. The number of aromatic nitrogens is 1. The topological polar surface area (TPSA) is 78.8 Å². The van der Waals surface area contributed by atoms with Crippen molar-refractivity contribution < 1.29 is 19.0 Å². The van der Waals surface area contributed by atoms with E-state index in [4.69, 9.17) is 14.2 Å². The maximum atomic E-state index is 13.6. The predicted octanol–water partition coefficient (Wildman–Crippen LogP) is 4.84. The third kappa shape index (κ3) is 5.68. The highest BCUT2D eigenvalue weighted by molar-refractivity contribution is 5.92. The van der Waals surface area contributed by atoms with E-state index < -0.39 is 0 Å². The van der Waals surface area contributed by atoms with Gasteiger partial charge in [0, 0.05) is 22.7 Å². The summed E-state index contributed by atoms with van der Waals surface area (Å²) in [6, 6.07) is 22.6. The van der Waals surface area contributed by atoms with Gasteiger partial charge in [-0.15, -0.1) is 0 Å². The van der Waals surface area contributed by atoms with Crippen LogP contribution in [0.2, 0.25) is 0 Å². The van der Waals surface area contributed by atoms with E-state index in [0.29, 0.717) is 47.7 Å². The Morgan fingerprint density at radius 2 is 1.58 bits per heavy atom. The van der Waals surface area contributed by atoms with Crippen LogP contribution in [0.4, 0.5) is 5.69 Å². The molecule has 1 aromatic heterocycles. The highest BCUT2D eigenvalue weighted by atomic mass is 16.5. The van der Waals surface area contributed by atoms with Crippen molar-refractivity contribution >= 4 is 22.5 Å². The molecule has 0 aliphatic heterocycles. The van der Waals surface area contributed by atoms with E-state index in [2.05, 4.69) is 5.32 Å². The Morgan fingerprint density at radius 1 is 0.889 bits per heavy atom. The lowest BCUT2D eigenvalue weighted by atomic mass is 10.0. The molecule has 7 heteroatoms. The summed E-state index contributed by atoms with van der Waals surface area (Å²) >= 11 is 0. The molecule has 0 bridgehead atoms. The SMILES string of the molecule is CCOc1ccc(NC(=O)Cn2c(=O)c(CCc3ccccc3)cc3cc(OC)c(OC)cc32)cc1. The average Bonchev–Trinajstić information content (AvgIpc) is 2.90. The second kappa shape index (κ2) is 11.4. The number of fused-ring (bicyclic) bond motifs is 1. The van der Waals surface area contributed by atoms with Crippen LogP contribution in [0.1, 0.15) is 18.1 Å². The van der Waals surface area contributed by atoms with E-state index in [1.807, 2.05) is 49.4 Å². The fourth-order valence-electron chi connectivity index (χ4n) is 4.17. The Balaban J connectivity index is 1.68. The first-order chi connectivity index (χ1) is 17.5. The standard InChI is InChI=1S/C29H30N2O5/c1-4-36-24-14-12-23(13-15-24)30-28(32)19-31-25-18-27(35-3)26(34-2)17-22(25)16-21(29(31)33)11-10-20-8-6-5-7-9-20/h5-9,12-18H,4,10-11,19H2,1-3H3,(H,30,32). The van der Waals surface area contributed by atoms with Gasteiger partial charge in [-0.3, -0.25) is 14.2 Å². The van der Waals surface area contributed by atoms with Crippen molar-refractivity contribution in [1.82, 2.24) is 4.57 Å². The number of rotatable bonds is 10. The zero-order chi connectivity index (χ0) is 25.5. The molecule has 1 amide bonds. The van der Waals surface area contributed by atoms with Gasteiger partial charge in [-0.25, -0.2) is 0 Å². The van der Waals surface area contributed by atoms with Crippen LogP contribution in [0.5, 0.6) is 17.2 Å². The molecule has 3 aromatic carbocycles. The van der Waals surface area contributed by atoms with Gasteiger partial charge in [-0.05, 0) is 61.7 Å². The number of ether oxygens (including phenoxy) is 3. The lowest BCUT2D eigenvalue weighted by molar-refractivity contribution is -0.116. The minimum absolute atomic E-state index is 0.142. The minimum Gasteiger partial charge on any atom is -0.494 e. The molecule has 36 heavy (non-hydrogen) atoms. The van der Waals surface area contributed by atoms with Crippen molar-refractivity contribution in [2.24, 2.45) is 0 Å². The van der Waals surface area contributed by atoms with E-state index in [1.165, 1.54) is 4.57 Å². The van der Waals surface area contributed by atoms with Gasteiger partial charge in [-0.1, -0.05) is 30.3 Å². The summed E-state index contributed by atoms with van der Waals surface area (Å²) in [6.45, 7) is 2.34. The quantitative estimate of drug-likeness (QED) is 0.347. The number of hydrogen-bond acceptors (Lipinski definition) is 5. The first-order valence-electron chi connectivity index (χ1n) is 11.9. The molecule has 1 N–H and O–H groups in total. The molecule has 0 aliphatic carbocycles. The largest absolute Gasteiger partial charge is 0.494 e. The summed E-state index contributed by atoms with van der Waals surface area (Å²) in [7, 11) is 3.11. The molecule has 186 valence electrons. The number of methoxy groups -OCH3 is 2. The number of benzene rings is 3. The predicted molar refractivity (Wildman–Crippen MR) is 141 cm³/mol. The highest BCUT2D eigenvalue weighted by Gasteiger charge is 2.16. The summed E-state index contributed by atoms with van der Waals surface area (Å²) in [4.78, 5) is 26.6. The summed E-state index contributed by atoms with van der Waals surface area (Å²) in [6.07, 6.45) is 1.26. The van der Waals surface area contributed by atoms with Crippen molar-refractivity contribution in [1.29, 1.82) is 0 Å². The Morgan fingerprint density at radius 3 is 2.25 bits per heavy atom. The number of aryl methyl sites for hydroxylation is 2. The number of pyridine rings is 1. The van der Waals surface area contributed by atoms with Crippen molar-refractivity contribution in [3.05, 3.63) is 94.3 Å². The van der Waals surface area contributed by atoms with E-state index >= 15 is 0 Å². The van der Waals surface area contributed by atoms with Gasteiger partial charge in [0.05, 0.1) is 26.3 Å². The molecular weight excluding hydrogens is 456 g/mol. The lowest BCUT2D eigenvalue weighted by Crippen LogP contribution is -2.30. The number of anilines is 1. The van der Waals surface area contributed by atoms with Crippen LogP contribution in [0.25, 0.3) is 10.9 Å². The van der Waals surface area contributed by atoms with Crippen LogP contribution in [0.15, 0.2) is 77.6 Å². The smallest absolute Gasteiger partial charge is 0.254 e. The number of carbonyl (C=O) groups excluding carboxylic acids is 1. The summed E-state index contributed by atoms with van der Waals surface area (Å²) in [5.74, 6) is 1.47. The van der Waals surface area contributed by atoms with E-state index in [1.54, 1.807) is 44.6 Å². The van der Waals surface area contributed by atoms with Crippen molar-refractivity contribution in [3.63, 3.8) is 0 Å². The van der Waals surface area contributed by atoms with Gasteiger partial charge in [0.25, 0.3) is 5.56 Å². The average molecular weight is 487 g/mol. The van der Waals surface area contributed by atoms with E-state index in [0.717, 1.165) is 16.7 Å². The highest BCUT2D eigenvalue weighted by Crippen LogP contribution is 2.32. The molecule has 4 rings (SSSR count). The number of amides is 1. The Labute approximate surface area is 210 Å². The van der Waals surface area contributed by atoms with Crippen LogP contribution in [-0.4, -0.2) is 31.3 Å². The molecule has 1 heterocycles. The first-order valence-corrected chi connectivity index (χ1v) is 11.9. The fraction of sp³-hybridized carbons (Fsp3) is 0.241. The van der Waals surface area contributed by atoms with Crippen LogP contribution in [0.3, 0.4) is 0 Å². The van der Waals surface area contributed by atoms with E-state index in [-0.39, 0.29) is 18.0 Å². The molecule has 0 unspecified atom stereocenters.